The molecule has 0 radical (unpaired) electrons. The molecule has 0 aliphatic rings. The Bertz CT molecular complexity index is 1020. The van der Waals surface area contributed by atoms with Crippen molar-refractivity contribution in [3.63, 3.8) is 0 Å². The fourth-order valence-electron chi connectivity index (χ4n) is 3.23. The Morgan fingerprint density at radius 1 is 1.03 bits per heavy atom. The summed E-state index contributed by atoms with van der Waals surface area (Å²) in [5.41, 5.74) is 2.85. The molecule has 2 amide bonds. The van der Waals surface area contributed by atoms with Gasteiger partial charge in [0, 0.05) is 23.9 Å². The minimum atomic E-state index is -0.565. The van der Waals surface area contributed by atoms with Crippen LogP contribution in [0.15, 0.2) is 78.9 Å². The van der Waals surface area contributed by atoms with Gasteiger partial charge in [0.15, 0.2) is 0 Å². The summed E-state index contributed by atoms with van der Waals surface area (Å²) in [5.74, 6) is 0.211. The van der Waals surface area contributed by atoms with Gasteiger partial charge in [0.1, 0.15) is 17.6 Å². The average Bonchev–Trinajstić information content (AvgIpc) is 2.81. The number of amides is 2. The van der Waals surface area contributed by atoms with E-state index in [0.29, 0.717) is 12.8 Å². The van der Waals surface area contributed by atoms with Crippen LogP contribution >= 0.6 is 0 Å². The second kappa shape index (κ2) is 13.0. The minimum Gasteiger partial charge on any atom is -0.497 e. The Morgan fingerprint density at radius 3 is 2.21 bits per heavy atom. The van der Waals surface area contributed by atoms with Crippen LogP contribution in [-0.2, 0) is 16.0 Å². The number of aryl methyl sites for hydroxylation is 2. The molecule has 3 aromatic rings. The van der Waals surface area contributed by atoms with E-state index in [4.69, 9.17) is 4.74 Å². The van der Waals surface area contributed by atoms with Gasteiger partial charge in [-0.3, -0.25) is 9.59 Å². The number of methoxy groups -OCH3 is 1. The summed E-state index contributed by atoms with van der Waals surface area (Å²) in [4.78, 5) is 25.9. The predicted molar refractivity (Wildman–Crippen MR) is 136 cm³/mol. The van der Waals surface area contributed by atoms with Gasteiger partial charge in [0.05, 0.1) is 7.11 Å². The first-order chi connectivity index (χ1) is 15.8. The minimum absolute atomic E-state index is 0. The number of likely N-dealkylation sites (N-methyl/N-ethyl adjacent to an activating group) is 1. The van der Waals surface area contributed by atoms with Crippen molar-refractivity contribution >= 4 is 17.5 Å². The number of carbonyl (C=O) groups excluding carboxylic acids is 2. The van der Waals surface area contributed by atoms with Gasteiger partial charge in [-0.15, -0.1) is 0 Å². The van der Waals surface area contributed by atoms with Gasteiger partial charge in [-0.1, -0.05) is 42.5 Å². The fraction of sp³-hybridized carbons (Fsp3) is 0.259. The molecule has 180 valence electrons. The van der Waals surface area contributed by atoms with E-state index in [1.54, 1.807) is 37.3 Å². The number of hydrogen-bond donors (Lipinski definition) is 1. The summed E-state index contributed by atoms with van der Waals surface area (Å²) in [6, 6.07) is 23.1. The largest absolute Gasteiger partial charge is 0.497 e. The van der Waals surface area contributed by atoms with Gasteiger partial charge >= 0.3 is 0 Å². The van der Waals surface area contributed by atoms with Crippen LogP contribution in [0.5, 0.6) is 5.75 Å². The van der Waals surface area contributed by atoms with Gasteiger partial charge in [-0.25, -0.2) is 4.39 Å². The van der Waals surface area contributed by atoms with Crippen LogP contribution in [-0.4, -0.2) is 32.0 Å². The summed E-state index contributed by atoms with van der Waals surface area (Å²) in [7, 11) is 3.31. The first-order valence-corrected chi connectivity index (χ1v) is 10.7. The Hall–Kier alpha value is -3.67. The molecule has 0 saturated carbocycles. The highest BCUT2D eigenvalue weighted by molar-refractivity contribution is 5.98. The molecular formula is C27H37FN2O3. The van der Waals surface area contributed by atoms with E-state index in [9.17, 15) is 14.0 Å². The van der Waals surface area contributed by atoms with Crippen LogP contribution in [0.1, 0.15) is 28.8 Å². The third-order valence-electron chi connectivity index (χ3n) is 5.01. The van der Waals surface area contributed by atoms with E-state index in [2.05, 4.69) is 5.32 Å². The molecular weight excluding hydrogens is 419 g/mol. The first kappa shape index (κ1) is 25.6. The number of rotatable bonds is 7. The van der Waals surface area contributed by atoms with Gasteiger partial charge in [0.25, 0.3) is 0 Å². The number of benzene rings is 3. The quantitative estimate of drug-likeness (QED) is 0.498. The summed E-state index contributed by atoms with van der Waals surface area (Å²) < 4.78 is 17.3. The maximum atomic E-state index is 12.8. The molecule has 0 spiro atoms. The SMILES string of the molecule is COc1ccc(N(C)C(=O)[C@H](CCc2ccccc2)NC(C)=O)cc1.Cc1cccc(F)c1.[HH].[HH].[HH]. The Kier molecular flexibility index (Phi) is 10.1. The number of hydrogen-bond acceptors (Lipinski definition) is 3. The zero-order chi connectivity index (χ0) is 24.2. The maximum absolute atomic E-state index is 12.8. The van der Waals surface area contributed by atoms with E-state index >= 15 is 0 Å². The molecule has 1 atom stereocenters. The third-order valence-corrected chi connectivity index (χ3v) is 5.01. The summed E-state index contributed by atoms with van der Waals surface area (Å²) >= 11 is 0. The molecule has 0 fully saturated rings. The van der Waals surface area contributed by atoms with Crippen molar-refractivity contribution in [2.75, 3.05) is 19.1 Å². The second-order valence-corrected chi connectivity index (χ2v) is 7.67. The molecule has 0 unspecified atom stereocenters. The fourth-order valence-corrected chi connectivity index (χ4v) is 3.23. The van der Waals surface area contributed by atoms with E-state index < -0.39 is 6.04 Å². The topological polar surface area (TPSA) is 58.6 Å². The molecule has 33 heavy (non-hydrogen) atoms. The molecule has 1 N–H and O–H groups in total. The molecule has 5 nitrogen and oxygen atoms in total. The zero-order valence-electron chi connectivity index (χ0n) is 19.5. The predicted octanol–water partition coefficient (Wildman–Crippen LogP) is 5.67. The van der Waals surface area contributed by atoms with Crippen molar-refractivity contribution < 1.29 is 23.0 Å². The van der Waals surface area contributed by atoms with Gasteiger partial charge in [-0.2, -0.15) is 0 Å². The van der Waals surface area contributed by atoms with Crippen LogP contribution in [0.25, 0.3) is 0 Å². The van der Waals surface area contributed by atoms with Crippen molar-refractivity contribution in [3.8, 4) is 5.75 Å². The molecule has 3 rings (SSSR count). The lowest BCUT2D eigenvalue weighted by Gasteiger charge is -2.24. The van der Waals surface area contributed by atoms with Crippen LogP contribution in [0, 0.1) is 12.7 Å². The average molecular weight is 457 g/mol. The van der Waals surface area contributed by atoms with Crippen molar-refractivity contribution in [1.29, 1.82) is 0 Å². The second-order valence-electron chi connectivity index (χ2n) is 7.67. The van der Waals surface area contributed by atoms with Crippen molar-refractivity contribution in [2.24, 2.45) is 0 Å². The number of ether oxygens (including phenoxy) is 1. The number of anilines is 1. The molecule has 3 aromatic carbocycles. The summed E-state index contributed by atoms with van der Waals surface area (Å²) in [6.45, 7) is 3.29. The standard InChI is InChI=1S/C20H24N2O3.C7H7F.3H2/c1-15(23)21-19(14-9-16-7-5-4-6-8-16)20(24)22(2)17-10-12-18(25-3)13-11-17;1-6-3-2-4-7(8)5-6;;;/h4-8,10-13,19H,9,14H2,1-3H3,(H,21,23);2-5H,1H3;3*1H/t19-;;;;/m0..../s1. The molecule has 0 aliphatic heterocycles. The normalized spacial score (nSPS) is 10.9. The molecule has 6 heteroatoms. The van der Waals surface area contributed by atoms with Crippen LogP contribution in [0.4, 0.5) is 10.1 Å². The molecule has 0 bridgehead atoms. The molecule has 0 aliphatic carbocycles. The lowest BCUT2D eigenvalue weighted by molar-refractivity contribution is -0.126. The van der Waals surface area contributed by atoms with E-state index in [1.165, 1.54) is 19.1 Å². The van der Waals surface area contributed by atoms with Crippen LogP contribution in [0.3, 0.4) is 0 Å². The van der Waals surface area contributed by atoms with Gasteiger partial charge < -0.3 is 15.0 Å². The van der Waals surface area contributed by atoms with Crippen LogP contribution < -0.4 is 15.0 Å². The number of nitrogens with zero attached hydrogens (tertiary/aromatic N) is 1. The summed E-state index contributed by atoms with van der Waals surface area (Å²) in [6.07, 6.45) is 1.26. The number of nitrogens with one attached hydrogen (secondary N) is 1. The highest BCUT2D eigenvalue weighted by atomic mass is 19.1. The van der Waals surface area contributed by atoms with Gasteiger partial charge in [-0.05, 0) is 67.3 Å². The number of carbonyl (C=O) groups is 2. The number of halogens is 1. The summed E-state index contributed by atoms with van der Waals surface area (Å²) in [5, 5.41) is 2.77. The molecule has 0 saturated heterocycles. The van der Waals surface area contributed by atoms with Gasteiger partial charge in [0.2, 0.25) is 11.8 Å². The van der Waals surface area contributed by atoms with E-state index in [1.807, 2.05) is 55.5 Å². The lowest BCUT2D eigenvalue weighted by Crippen LogP contribution is -2.47. The van der Waals surface area contributed by atoms with Crippen molar-refractivity contribution in [3.05, 3.63) is 95.8 Å². The third kappa shape index (κ3) is 8.77. The monoisotopic (exact) mass is 456 g/mol. The Balaban J connectivity index is 0. The Labute approximate surface area is 199 Å². The maximum Gasteiger partial charge on any atom is 0.249 e. The smallest absolute Gasteiger partial charge is 0.249 e. The lowest BCUT2D eigenvalue weighted by atomic mass is 10.0. The highest BCUT2D eigenvalue weighted by Gasteiger charge is 2.23. The highest BCUT2D eigenvalue weighted by Crippen LogP contribution is 2.19. The Morgan fingerprint density at radius 2 is 1.70 bits per heavy atom. The molecule has 0 aromatic heterocycles. The van der Waals surface area contributed by atoms with Crippen LogP contribution in [0.2, 0.25) is 0 Å². The van der Waals surface area contributed by atoms with Crippen molar-refractivity contribution in [1.82, 2.24) is 5.32 Å². The zero-order valence-corrected chi connectivity index (χ0v) is 19.5. The van der Waals surface area contributed by atoms with E-state index in [0.717, 1.165) is 22.6 Å². The molecule has 0 heterocycles. The van der Waals surface area contributed by atoms with E-state index in [-0.39, 0.29) is 21.9 Å². The first-order valence-electron chi connectivity index (χ1n) is 10.7. The van der Waals surface area contributed by atoms with Crippen molar-refractivity contribution in [2.45, 2.75) is 32.7 Å².